The predicted octanol–water partition coefficient (Wildman–Crippen LogP) is 4.66. The fourth-order valence-electron chi connectivity index (χ4n) is 4.00. The molecule has 3 aromatic carbocycles. The van der Waals surface area contributed by atoms with E-state index < -0.39 is 29.0 Å². The highest BCUT2D eigenvalue weighted by Gasteiger charge is 2.25. The lowest BCUT2D eigenvalue weighted by Crippen LogP contribution is -2.44. The molecule has 6 nitrogen and oxygen atoms in total. The van der Waals surface area contributed by atoms with Crippen molar-refractivity contribution >= 4 is 28.4 Å². The van der Waals surface area contributed by atoms with Gasteiger partial charge in [0.1, 0.15) is 17.7 Å². The Morgan fingerprint density at radius 3 is 2.40 bits per heavy atom. The summed E-state index contributed by atoms with van der Waals surface area (Å²) in [5, 5.41) is 2.77. The van der Waals surface area contributed by atoms with Crippen molar-refractivity contribution in [3.8, 4) is 5.69 Å². The van der Waals surface area contributed by atoms with Crippen molar-refractivity contribution in [2.75, 3.05) is 0 Å². The van der Waals surface area contributed by atoms with Gasteiger partial charge in [-0.15, -0.1) is 0 Å². The molecule has 1 atom stereocenters. The van der Waals surface area contributed by atoms with Crippen LogP contribution < -0.4 is 16.6 Å². The highest BCUT2D eigenvalue weighted by atomic mass is 35.5. The second-order valence-electron chi connectivity index (χ2n) is 8.18. The summed E-state index contributed by atoms with van der Waals surface area (Å²) in [6.07, 6.45) is 0.251. The molecule has 1 unspecified atom stereocenters. The van der Waals surface area contributed by atoms with Gasteiger partial charge in [0.15, 0.2) is 0 Å². The number of amides is 1. The molecule has 180 valence electrons. The molecule has 35 heavy (non-hydrogen) atoms. The molecule has 9 heteroatoms. The predicted molar refractivity (Wildman–Crippen MR) is 131 cm³/mol. The number of benzene rings is 3. The van der Waals surface area contributed by atoms with Gasteiger partial charge in [0.25, 0.3) is 5.56 Å². The van der Waals surface area contributed by atoms with Crippen molar-refractivity contribution in [2.45, 2.75) is 32.9 Å². The highest BCUT2D eigenvalue weighted by molar-refractivity contribution is 6.30. The molecule has 0 aliphatic carbocycles. The number of fused-ring (bicyclic) bond motifs is 1. The van der Waals surface area contributed by atoms with Gasteiger partial charge in [-0.05, 0) is 61.4 Å². The summed E-state index contributed by atoms with van der Waals surface area (Å²) in [6.45, 7) is 3.69. The van der Waals surface area contributed by atoms with Gasteiger partial charge < -0.3 is 5.32 Å². The van der Waals surface area contributed by atoms with Gasteiger partial charge in [-0.25, -0.2) is 18.1 Å². The molecule has 0 spiro atoms. The third-order valence-electron chi connectivity index (χ3n) is 5.78. The molecule has 0 bridgehead atoms. The van der Waals surface area contributed by atoms with E-state index in [1.807, 2.05) is 0 Å². The van der Waals surface area contributed by atoms with Crippen LogP contribution in [-0.4, -0.2) is 15.0 Å². The highest BCUT2D eigenvalue weighted by Crippen LogP contribution is 2.21. The first-order valence-electron chi connectivity index (χ1n) is 11.0. The largest absolute Gasteiger partial charge is 0.350 e. The maximum Gasteiger partial charge on any atom is 0.336 e. The van der Waals surface area contributed by atoms with E-state index in [1.54, 1.807) is 44.2 Å². The molecule has 0 saturated heterocycles. The summed E-state index contributed by atoms with van der Waals surface area (Å²) >= 11 is 5.91. The van der Waals surface area contributed by atoms with E-state index >= 15 is 0 Å². The van der Waals surface area contributed by atoms with E-state index in [4.69, 9.17) is 11.6 Å². The molecule has 0 aliphatic heterocycles. The number of aryl methyl sites for hydroxylation is 1. The molecule has 1 aromatic heterocycles. The molecule has 1 heterocycles. The van der Waals surface area contributed by atoms with Crippen LogP contribution in [0.3, 0.4) is 0 Å². The lowest BCUT2D eigenvalue weighted by molar-refractivity contribution is -0.124. The molecule has 0 radical (unpaired) electrons. The molecule has 0 fully saturated rings. The maximum absolute atomic E-state index is 13.8. The first kappa shape index (κ1) is 24.3. The quantitative estimate of drug-likeness (QED) is 0.421. The first-order chi connectivity index (χ1) is 16.7. The fourth-order valence-corrected chi connectivity index (χ4v) is 4.17. The smallest absolute Gasteiger partial charge is 0.336 e. The molecule has 4 aromatic rings. The minimum Gasteiger partial charge on any atom is -0.350 e. The third kappa shape index (κ3) is 4.74. The minimum atomic E-state index is -0.948. The van der Waals surface area contributed by atoms with E-state index in [2.05, 4.69) is 5.32 Å². The van der Waals surface area contributed by atoms with E-state index in [1.165, 1.54) is 28.8 Å². The summed E-state index contributed by atoms with van der Waals surface area (Å²) in [7, 11) is 0. The monoisotopic (exact) mass is 497 g/mol. The Morgan fingerprint density at radius 2 is 1.74 bits per heavy atom. The minimum absolute atomic E-state index is 0.0881. The van der Waals surface area contributed by atoms with Gasteiger partial charge in [0, 0.05) is 6.54 Å². The van der Waals surface area contributed by atoms with Crippen LogP contribution in [0.25, 0.3) is 16.6 Å². The number of aromatic nitrogens is 2. The van der Waals surface area contributed by atoms with Crippen LogP contribution in [-0.2, 0) is 11.3 Å². The summed E-state index contributed by atoms with van der Waals surface area (Å²) < 4.78 is 29.1. The van der Waals surface area contributed by atoms with E-state index in [-0.39, 0.29) is 34.9 Å². The average molecular weight is 498 g/mol. The van der Waals surface area contributed by atoms with Crippen LogP contribution >= 0.6 is 11.6 Å². The molecular weight excluding hydrogens is 476 g/mol. The molecule has 0 saturated carbocycles. The van der Waals surface area contributed by atoms with Crippen molar-refractivity contribution in [2.24, 2.45) is 0 Å². The molecule has 4 rings (SSSR count). The van der Waals surface area contributed by atoms with Gasteiger partial charge in [-0.1, -0.05) is 42.3 Å². The summed E-state index contributed by atoms with van der Waals surface area (Å²) in [4.78, 5) is 40.2. The maximum atomic E-state index is 13.8. The number of nitrogens with one attached hydrogen (secondary N) is 1. The van der Waals surface area contributed by atoms with Crippen molar-refractivity contribution in [3.05, 3.63) is 109 Å². The zero-order chi connectivity index (χ0) is 25.3. The van der Waals surface area contributed by atoms with Crippen molar-refractivity contribution in [3.63, 3.8) is 0 Å². The van der Waals surface area contributed by atoms with Crippen LogP contribution in [0.5, 0.6) is 0 Å². The Kier molecular flexibility index (Phi) is 6.84. The molecule has 1 amide bonds. The number of hydrogen-bond donors (Lipinski definition) is 1. The van der Waals surface area contributed by atoms with Gasteiger partial charge >= 0.3 is 5.69 Å². The Hall–Kier alpha value is -3.78. The van der Waals surface area contributed by atoms with Gasteiger partial charge in [0.2, 0.25) is 5.91 Å². The van der Waals surface area contributed by atoms with E-state index in [0.717, 1.165) is 16.2 Å². The average Bonchev–Trinajstić information content (AvgIpc) is 2.83. The standard InChI is InChI=1S/C26H22ClF2N3O3/c1-3-22(24(33)30-14-16-5-7-17(28)8-6-16)32-23-11-4-15(2)12-19(23)25(34)31(26(32)35)18-9-10-21(29)20(27)13-18/h4-13,22H,3,14H2,1-2H3,(H,30,33). The number of halogens is 3. The Labute approximate surface area is 204 Å². The molecule has 0 aliphatic rings. The zero-order valence-electron chi connectivity index (χ0n) is 19.0. The second-order valence-corrected chi connectivity index (χ2v) is 8.59. The zero-order valence-corrected chi connectivity index (χ0v) is 19.8. The Bertz CT molecular complexity index is 1550. The number of rotatable bonds is 6. The number of hydrogen-bond acceptors (Lipinski definition) is 3. The summed E-state index contributed by atoms with van der Waals surface area (Å²) in [5.74, 6) is -1.52. The van der Waals surface area contributed by atoms with E-state index in [0.29, 0.717) is 11.1 Å². The van der Waals surface area contributed by atoms with E-state index in [9.17, 15) is 23.2 Å². The van der Waals surface area contributed by atoms with Gasteiger partial charge in [-0.3, -0.25) is 14.2 Å². The van der Waals surface area contributed by atoms with Crippen LogP contribution in [0.4, 0.5) is 8.78 Å². The Morgan fingerprint density at radius 1 is 1.03 bits per heavy atom. The van der Waals surface area contributed by atoms with Crippen LogP contribution in [0.1, 0.15) is 30.5 Å². The lowest BCUT2D eigenvalue weighted by Gasteiger charge is -2.22. The van der Waals surface area contributed by atoms with Crippen LogP contribution in [0.15, 0.2) is 70.3 Å². The molecule has 1 N–H and O–H groups in total. The summed E-state index contributed by atoms with van der Waals surface area (Å²) in [6, 6.07) is 13.3. The fraction of sp³-hybridized carbons (Fsp3) is 0.192. The molecular formula is C26H22ClF2N3O3. The van der Waals surface area contributed by atoms with Crippen molar-refractivity contribution in [1.82, 2.24) is 14.5 Å². The number of nitrogens with zero attached hydrogens (tertiary/aromatic N) is 2. The topological polar surface area (TPSA) is 73.1 Å². The van der Waals surface area contributed by atoms with Gasteiger partial charge in [-0.2, -0.15) is 0 Å². The summed E-state index contributed by atoms with van der Waals surface area (Å²) in [5.41, 5.74) is 0.515. The first-order valence-corrected chi connectivity index (χ1v) is 11.3. The Balaban J connectivity index is 1.86. The second kappa shape index (κ2) is 9.84. The van der Waals surface area contributed by atoms with Crippen LogP contribution in [0, 0.1) is 18.6 Å². The third-order valence-corrected chi connectivity index (χ3v) is 6.07. The SMILES string of the molecule is CCC(C(=O)NCc1ccc(F)cc1)n1c(=O)n(-c2ccc(F)c(Cl)c2)c(=O)c2cc(C)ccc21. The van der Waals surface area contributed by atoms with Crippen molar-refractivity contribution in [1.29, 1.82) is 0 Å². The van der Waals surface area contributed by atoms with Crippen LogP contribution in [0.2, 0.25) is 5.02 Å². The number of carbonyl (C=O) groups is 1. The lowest BCUT2D eigenvalue weighted by atomic mass is 10.1. The van der Waals surface area contributed by atoms with Crippen molar-refractivity contribution < 1.29 is 13.6 Å². The number of carbonyl (C=O) groups excluding carboxylic acids is 1. The van der Waals surface area contributed by atoms with Gasteiger partial charge in [0.05, 0.1) is 21.6 Å². The normalized spacial score (nSPS) is 12.0.